The minimum absolute atomic E-state index is 0.155. The third kappa shape index (κ3) is 3.32. The molecule has 0 aliphatic heterocycles. The van der Waals surface area contributed by atoms with Crippen LogP contribution in [-0.4, -0.2) is 30.4 Å². The molecule has 0 amide bonds. The summed E-state index contributed by atoms with van der Waals surface area (Å²) in [6.45, 7) is 5.30. The van der Waals surface area contributed by atoms with Gasteiger partial charge in [0, 0.05) is 12.6 Å². The van der Waals surface area contributed by atoms with Crippen LogP contribution in [0.4, 0.5) is 4.39 Å². The number of rotatable bonds is 6. The zero-order chi connectivity index (χ0) is 14.6. The Morgan fingerprint density at radius 1 is 1.37 bits per heavy atom. The fourth-order valence-corrected chi connectivity index (χ4v) is 3.89. The molecule has 0 saturated carbocycles. The lowest BCUT2D eigenvalue weighted by Crippen LogP contribution is -2.38. The highest BCUT2D eigenvalue weighted by Gasteiger charge is 2.29. The Morgan fingerprint density at radius 2 is 2.00 bits per heavy atom. The van der Waals surface area contributed by atoms with Gasteiger partial charge in [0.05, 0.1) is 11.5 Å². The molecule has 0 aliphatic carbocycles. The van der Waals surface area contributed by atoms with Crippen LogP contribution < -0.4 is 0 Å². The lowest BCUT2D eigenvalue weighted by Gasteiger charge is -2.27. The number of hydrogen-bond donors (Lipinski definition) is 1. The lowest BCUT2D eigenvalue weighted by molar-refractivity contribution is 0.277. The minimum atomic E-state index is -3.79. The van der Waals surface area contributed by atoms with Gasteiger partial charge in [-0.2, -0.15) is 4.31 Å². The van der Waals surface area contributed by atoms with E-state index < -0.39 is 22.4 Å². The molecule has 0 radical (unpaired) electrons. The molecule has 19 heavy (non-hydrogen) atoms. The van der Waals surface area contributed by atoms with Crippen molar-refractivity contribution >= 4 is 10.0 Å². The smallest absolute Gasteiger partial charge is 0.243 e. The Morgan fingerprint density at radius 3 is 2.47 bits per heavy atom. The third-order valence-corrected chi connectivity index (χ3v) is 5.35. The van der Waals surface area contributed by atoms with Crippen molar-refractivity contribution in [2.45, 2.75) is 44.7 Å². The van der Waals surface area contributed by atoms with E-state index in [0.717, 1.165) is 12.1 Å². The van der Waals surface area contributed by atoms with Gasteiger partial charge in [0.2, 0.25) is 10.0 Å². The summed E-state index contributed by atoms with van der Waals surface area (Å²) in [6.07, 6.45) is 0.664. The highest BCUT2D eigenvalue weighted by Crippen LogP contribution is 2.24. The van der Waals surface area contributed by atoms with Crippen molar-refractivity contribution in [3.8, 4) is 0 Å². The van der Waals surface area contributed by atoms with Crippen LogP contribution in [-0.2, 0) is 16.6 Å². The van der Waals surface area contributed by atoms with E-state index in [1.54, 1.807) is 13.8 Å². The quantitative estimate of drug-likeness (QED) is 0.872. The maximum Gasteiger partial charge on any atom is 0.243 e. The van der Waals surface area contributed by atoms with Crippen LogP contribution in [0.25, 0.3) is 0 Å². The standard InChI is InChI=1S/C13H20FNO3S/c1-4-10(3)15(5-2)19(17,18)13-8-12(14)7-6-11(13)9-16/h6-8,10,16H,4-5,9H2,1-3H3. The molecule has 6 heteroatoms. The first kappa shape index (κ1) is 16.1. The Balaban J connectivity index is 3.37. The number of halogens is 1. The SMILES string of the molecule is CCC(C)N(CC)S(=O)(=O)c1cc(F)ccc1CO. The van der Waals surface area contributed by atoms with Gasteiger partial charge >= 0.3 is 0 Å². The van der Waals surface area contributed by atoms with Crippen molar-refractivity contribution in [2.24, 2.45) is 0 Å². The van der Waals surface area contributed by atoms with Crippen molar-refractivity contribution in [3.05, 3.63) is 29.6 Å². The van der Waals surface area contributed by atoms with E-state index in [0.29, 0.717) is 13.0 Å². The fraction of sp³-hybridized carbons (Fsp3) is 0.538. The second kappa shape index (κ2) is 6.45. The predicted octanol–water partition coefficient (Wildman–Crippen LogP) is 2.13. The number of benzene rings is 1. The molecular formula is C13H20FNO3S. The van der Waals surface area contributed by atoms with Crippen LogP contribution in [0.2, 0.25) is 0 Å². The van der Waals surface area contributed by atoms with E-state index in [1.807, 2.05) is 6.92 Å². The zero-order valence-electron chi connectivity index (χ0n) is 11.4. The van der Waals surface area contributed by atoms with Gasteiger partial charge < -0.3 is 5.11 Å². The van der Waals surface area contributed by atoms with Gasteiger partial charge in [-0.1, -0.05) is 19.9 Å². The summed E-state index contributed by atoms with van der Waals surface area (Å²) in [5, 5.41) is 9.22. The Hall–Kier alpha value is -0.980. The number of aliphatic hydroxyl groups is 1. The molecule has 1 aromatic carbocycles. The summed E-state index contributed by atoms with van der Waals surface area (Å²) >= 11 is 0. The zero-order valence-corrected chi connectivity index (χ0v) is 12.2. The van der Waals surface area contributed by atoms with E-state index in [1.165, 1.54) is 10.4 Å². The summed E-state index contributed by atoms with van der Waals surface area (Å²) in [5.41, 5.74) is 0.211. The third-order valence-electron chi connectivity index (χ3n) is 3.18. The van der Waals surface area contributed by atoms with Crippen LogP contribution in [0.15, 0.2) is 23.1 Å². The first-order chi connectivity index (χ1) is 8.88. The molecule has 4 nitrogen and oxygen atoms in total. The molecule has 0 saturated heterocycles. The summed E-state index contributed by atoms with van der Waals surface area (Å²) in [7, 11) is -3.79. The molecule has 0 bridgehead atoms. The van der Waals surface area contributed by atoms with Gasteiger partial charge in [0.1, 0.15) is 5.82 Å². The molecule has 1 aromatic rings. The maximum atomic E-state index is 13.3. The average Bonchev–Trinajstić information content (AvgIpc) is 2.38. The summed E-state index contributed by atoms with van der Waals surface area (Å²) in [4.78, 5) is -0.155. The van der Waals surface area contributed by atoms with Crippen LogP contribution in [0.5, 0.6) is 0 Å². The van der Waals surface area contributed by atoms with E-state index in [4.69, 9.17) is 0 Å². The lowest BCUT2D eigenvalue weighted by atomic mass is 10.2. The summed E-state index contributed by atoms with van der Waals surface area (Å²) in [5.74, 6) is -0.629. The predicted molar refractivity (Wildman–Crippen MR) is 71.6 cm³/mol. The largest absolute Gasteiger partial charge is 0.392 e. The van der Waals surface area contributed by atoms with E-state index in [-0.39, 0.29) is 16.5 Å². The molecule has 0 aliphatic rings. The second-order valence-corrected chi connectivity index (χ2v) is 6.23. The Labute approximate surface area is 113 Å². The van der Waals surface area contributed by atoms with Crippen LogP contribution in [0, 0.1) is 5.82 Å². The topological polar surface area (TPSA) is 57.6 Å². The Kier molecular flexibility index (Phi) is 5.46. The van der Waals surface area contributed by atoms with Crippen molar-refractivity contribution in [3.63, 3.8) is 0 Å². The van der Waals surface area contributed by atoms with Gasteiger partial charge in [-0.3, -0.25) is 0 Å². The van der Waals surface area contributed by atoms with Crippen molar-refractivity contribution in [1.29, 1.82) is 0 Å². The molecule has 1 N–H and O–H groups in total. The number of nitrogens with zero attached hydrogens (tertiary/aromatic N) is 1. The minimum Gasteiger partial charge on any atom is -0.392 e. The molecule has 108 valence electrons. The fourth-order valence-electron chi connectivity index (χ4n) is 1.95. The summed E-state index contributed by atoms with van der Waals surface area (Å²) in [6, 6.07) is 3.23. The molecule has 1 unspecified atom stereocenters. The van der Waals surface area contributed by atoms with Gasteiger partial charge in [-0.15, -0.1) is 0 Å². The molecule has 1 atom stereocenters. The first-order valence-corrected chi connectivity index (χ1v) is 7.73. The molecule has 0 heterocycles. The normalized spacial score (nSPS) is 13.8. The highest BCUT2D eigenvalue weighted by molar-refractivity contribution is 7.89. The highest BCUT2D eigenvalue weighted by atomic mass is 32.2. The van der Waals surface area contributed by atoms with Gasteiger partial charge in [0.25, 0.3) is 0 Å². The molecule has 1 rings (SSSR count). The monoisotopic (exact) mass is 289 g/mol. The van der Waals surface area contributed by atoms with Crippen molar-refractivity contribution < 1.29 is 17.9 Å². The van der Waals surface area contributed by atoms with Crippen LogP contribution in [0.1, 0.15) is 32.8 Å². The molecule has 0 fully saturated rings. The van der Waals surface area contributed by atoms with E-state index in [2.05, 4.69) is 0 Å². The second-order valence-electron chi connectivity index (χ2n) is 4.38. The van der Waals surface area contributed by atoms with Gasteiger partial charge in [-0.25, -0.2) is 12.8 Å². The molecule has 0 spiro atoms. The van der Waals surface area contributed by atoms with E-state index in [9.17, 15) is 17.9 Å². The van der Waals surface area contributed by atoms with Crippen molar-refractivity contribution in [2.75, 3.05) is 6.54 Å². The van der Waals surface area contributed by atoms with E-state index >= 15 is 0 Å². The van der Waals surface area contributed by atoms with Gasteiger partial charge in [-0.05, 0) is 31.0 Å². The first-order valence-electron chi connectivity index (χ1n) is 6.29. The summed E-state index contributed by atoms with van der Waals surface area (Å²) < 4.78 is 39.7. The van der Waals surface area contributed by atoms with Gasteiger partial charge in [0.15, 0.2) is 0 Å². The number of aliphatic hydroxyl groups excluding tert-OH is 1. The Bertz CT molecular complexity index is 531. The molecule has 0 aromatic heterocycles. The number of sulfonamides is 1. The van der Waals surface area contributed by atoms with Crippen LogP contribution in [0.3, 0.4) is 0 Å². The number of hydrogen-bond acceptors (Lipinski definition) is 3. The molecular weight excluding hydrogens is 269 g/mol. The maximum absolute atomic E-state index is 13.3. The average molecular weight is 289 g/mol. The van der Waals surface area contributed by atoms with Crippen LogP contribution >= 0.6 is 0 Å². The van der Waals surface area contributed by atoms with Crippen molar-refractivity contribution in [1.82, 2.24) is 4.31 Å².